The minimum Gasteiger partial charge on any atom is -0.379 e. The van der Waals surface area contributed by atoms with Crippen LogP contribution in [0.15, 0.2) is 0 Å². The van der Waals surface area contributed by atoms with E-state index in [4.69, 9.17) is 54.5 Å². The summed E-state index contributed by atoms with van der Waals surface area (Å²) in [4.78, 5) is 21.7. The van der Waals surface area contributed by atoms with Crippen LogP contribution in [0.1, 0.15) is 0 Å². The Kier molecular flexibility index (Phi) is 39.0. The minimum atomic E-state index is -2.62. The maximum absolute atomic E-state index is 7.23. The summed E-state index contributed by atoms with van der Waals surface area (Å²) in [6, 6.07) is 0. The molecule has 0 bridgehead atoms. The smallest absolute Gasteiger partial charge is 0.379 e. The van der Waals surface area contributed by atoms with Crippen molar-refractivity contribution in [1.29, 1.82) is 0 Å². The summed E-state index contributed by atoms with van der Waals surface area (Å²) >= 11 is 0. The number of rotatable bonds is 9. The zero-order chi connectivity index (χ0) is 20.7. The summed E-state index contributed by atoms with van der Waals surface area (Å²) in [5.41, 5.74) is 0. The van der Waals surface area contributed by atoms with Crippen LogP contribution < -0.4 is 0 Å². The molecule has 3 N–H and O–H groups in total. The van der Waals surface area contributed by atoms with E-state index in [9.17, 15) is 0 Å². The molecule has 0 atom stereocenters. The van der Waals surface area contributed by atoms with E-state index in [1.807, 2.05) is 0 Å². The molecule has 0 radical (unpaired) electrons. The van der Waals surface area contributed by atoms with Crippen LogP contribution in [-0.4, -0.2) is 107 Å². The quantitative estimate of drug-likeness (QED) is 0.268. The lowest BCUT2D eigenvalue weighted by atomic mass is 11.8. The van der Waals surface area contributed by atoms with Crippen LogP contribution >= 0.6 is 8.60 Å². The largest absolute Gasteiger partial charge is 0.483 e. The van der Waals surface area contributed by atoms with Crippen LogP contribution in [-0.2, 0) is 39.8 Å². The molecule has 12 nitrogen and oxygen atoms in total. The summed E-state index contributed by atoms with van der Waals surface area (Å²) in [6.07, 6.45) is 0. The summed E-state index contributed by atoms with van der Waals surface area (Å²) in [5.74, 6) is 0. The van der Waals surface area contributed by atoms with E-state index in [2.05, 4.69) is 0 Å². The molecule has 0 aliphatic rings. The van der Waals surface area contributed by atoms with Crippen LogP contribution in [0.2, 0.25) is 0 Å². The molecule has 0 aliphatic heterocycles. The number of hydrogen-bond donors (Lipinski definition) is 3. The van der Waals surface area contributed by atoms with Crippen molar-refractivity contribution in [1.82, 2.24) is 0 Å². The molecule has 0 rings (SSSR count). The van der Waals surface area contributed by atoms with Crippen LogP contribution in [0.4, 0.5) is 0 Å². The molecule has 0 aromatic heterocycles. The topological polar surface area (TPSA) is 144 Å². The Bertz CT molecular complexity index is 162. The Balaban J connectivity index is -0.000000120. The highest BCUT2D eigenvalue weighted by Crippen LogP contribution is 2.11. The first-order chi connectivity index (χ1) is 11.8. The molecule has 0 spiro atoms. The van der Waals surface area contributed by atoms with Gasteiger partial charge in [-0.05, 0) is 0 Å². The van der Waals surface area contributed by atoms with Gasteiger partial charge in [-0.3, -0.25) is 0 Å². The first-order valence-corrected chi connectivity index (χ1v) is 11.8. The molecule has 0 fully saturated rings. The third-order valence-corrected chi connectivity index (χ3v) is 5.20. The van der Waals surface area contributed by atoms with Crippen molar-refractivity contribution in [2.24, 2.45) is 0 Å². The zero-order valence-electron chi connectivity index (χ0n) is 16.2. The minimum absolute atomic E-state index is 1.57. The molecule has 0 aliphatic carbocycles. The van der Waals surface area contributed by atoms with Gasteiger partial charge < -0.3 is 54.5 Å². The number of hydrogen-bond acceptors (Lipinski definition) is 12. The average molecular weight is 449 g/mol. The van der Waals surface area contributed by atoms with E-state index in [0.29, 0.717) is 0 Å². The summed E-state index contributed by atoms with van der Waals surface area (Å²) < 4.78 is 42.7. The molecule has 0 heterocycles. The SMILES string of the molecule is CO[SiH](OC)OC.CO[SiH](OC)OC.CO[SiH](OC)OC.OP(O)O. The molecule has 25 heavy (non-hydrogen) atoms. The van der Waals surface area contributed by atoms with E-state index in [1.54, 1.807) is 64.0 Å². The molecule has 0 saturated carbocycles. The van der Waals surface area contributed by atoms with Crippen LogP contribution in [0.25, 0.3) is 0 Å². The first kappa shape index (κ1) is 33.2. The second kappa shape index (κ2) is 29.4. The third-order valence-electron chi connectivity index (χ3n) is 1.73. The second-order valence-corrected chi connectivity index (χ2v) is 9.77. The van der Waals surface area contributed by atoms with E-state index >= 15 is 0 Å². The van der Waals surface area contributed by atoms with Crippen molar-refractivity contribution in [2.75, 3.05) is 64.0 Å². The van der Waals surface area contributed by atoms with E-state index in [1.165, 1.54) is 0 Å². The van der Waals surface area contributed by atoms with E-state index in [0.717, 1.165) is 0 Å². The molecule has 0 saturated heterocycles. The fraction of sp³-hybridized carbons (Fsp3) is 1.00. The van der Waals surface area contributed by atoms with Crippen molar-refractivity contribution in [3.8, 4) is 0 Å². The molecule has 0 aromatic carbocycles. The van der Waals surface area contributed by atoms with Gasteiger partial charge in [0.15, 0.2) is 0 Å². The van der Waals surface area contributed by atoms with Gasteiger partial charge in [0.1, 0.15) is 0 Å². The van der Waals surface area contributed by atoms with E-state index < -0.39 is 37.2 Å². The van der Waals surface area contributed by atoms with Crippen molar-refractivity contribution >= 4 is 37.2 Å². The van der Waals surface area contributed by atoms with Crippen LogP contribution in [0.5, 0.6) is 0 Å². The Morgan fingerprint density at radius 1 is 0.400 bits per heavy atom. The van der Waals surface area contributed by atoms with E-state index in [-0.39, 0.29) is 0 Å². The predicted molar refractivity (Wildman–Crippen MR) is 98.1 cm³/mol. The van der Waals surface area contributed by atoms with Crippen molar-refractivity contribution < 1.29 is 54.5 Å². The van der Waals surface area contributed by atoms with Gasteiger partial charge in [0.2, 0.25) is 0 Å². The molecular formula is C9H33O12PSi3. The first-order valence-electron chi connectivity index (χ1n) is 6.40. The normalized spacial score (nSPS) is 10.1. The molecule has 0 amide bonds. The Morgan fingerprint density at radius 2 is 0.480 bits per heavy atom. The summed E-state index contributed by atoms with van der Waals surface area (Å²) in [7, 11) is 6.53. The Morgan fingerprint density at radius 3 is 0.480 bits per heavy atom. The van der Waals surface area contributed by atoms with Crippen molar-refractivity contribution in [3.63, 3.8) is 0 Å². The lowest BCUT2D eigenvalue weighted by Crippen LogP contribution is -2.21. The fourth-order valence-electron chi connectivity index (χ4n) is 0.866. The highest BCUT2D eigenvalue weighted by atomic mass is 31.2. The van der Waals surface area contributed by atoms with Gasteiger partial charge in [-0.25, -0.2) is 0 Å². The highest BCUT2D eigenvalue weighted by molar-refractivity contribution is 7.38. The Labute approximate surface area is 156 Å². The molecular weight excluding hydrogens is 415 g/mol. The summed E-state index contributed by atoms with van der Waals surface area (Å²) in [6.45, 7) is 0. The average Bonchev–Trinajstić information content (AvgIpc) is 2.60. The maximum Gasteiger partial charge on any atom is 0.483 e. The van der Waals surface area contributed by atoms with Crippen LogP contribution in [0.3, 0.4) is 0 Å². The van der Waals surface area contributed by atoms with Crippen molar-refractivity contribution in [3.05, 3.63) is 0 Å². The van der Waals surface area contributed by atoms with Gasteiger partial charge >= 0.3 is 37.2 Å². The maximum atomic E-state index is 7.23. The highest BCUT2D eigenvalue weighted by Gasteiger charge is 2.06. The van der Waals surface area contributed by atoms with Crippen molar-refractivity contribution in [2.45, 2.75) is 0 Å². The fourth-order valence-corrected chi connectivity index (χ4v) is 2.60. The molecule has 0 aromatic rings. The standard InChI is InChI=1S/3C3H10O3Si.H3O3P/c3*1-4-7(5-2)6-3;1-4(2)3/h3*7H,1-3H3;1-3H. The van der Waals surface area contributed by atoms with Crippen LogP contribution in [0, 0.1) is 0 Å². The monoisotopic (exact) mass is 448 g/mol. The molecule has 0 unspecified atom stereocenters. The van der Waals surface area contributed by atoms with Gasteiger partial charge in [0.25, 0.3) is 0 Å². The Hall–Kier alpha value is 0.601. The van der Waals surface area contributed by atoms with Gasteiger partial charge in [0, 0.05) is 64.0 Å². The molecule has 16 heteroatoms. The molecule has 158 valence electrons. The summed E-state index contributed by atoms with van der Waals surface area (Å²) in [5, 5.41) is 0. The third kappa shape index (κ3) is 36.3. The zero-order valence-corrected chi connectivity index (χ0v) is 20.6. The van der Waals surface area contributed by atoms with Gasteiger partial charge in [-0.15, -0.1) is 0 Å². The van der Waals surface area contributed by atoms with Gasteiger partial charge in [0.05, 0.1) is 0 Å². The predicted octanol–water partition coefficient (Wildman–Crippen LogP) is -1.88. The lowest BCUT2D eigenvalue weighted by Gasteiger charge is -2.05. The second-order valence-electron chi connectivity index (χ2n) is 3.26. The lowest BCUT2D eigenvalue weighted by molar-refractivity contribution is 0.163. The van der Waals surface area contributed by atoms with Gasteiger partial charge in [-0.1, -0.05) is 0 Å². The van der Waals surface area contributed by atoms with Gasteiger partial charge in [-0.2, -0.15) is 0 Å².